The Kier molecular flexibility index (Phi) is 6.23. The van der Waals surface area contributed by atoms with Crippen LogP contribution >= 0.6 is 34.2 Å². The summed E-state index contributed by atoms with van der Waals surface area (Å²) in [6.45, 7) is 7.91. The van der Waals surface area contributed by atoms with Crippen molar-refractivity contribution in [2.45, 2.75) is 39.7 Å². The maximum Gasteiger partial charge on any atom is 0.195 e. The number of halogens is 2. The summed E-state index contributed by atoms with van der Waals surface area (Å²) in [7, 11) is 1.68. The Bertz CT molecular complexity index is 902. The smallest absolute Gasteiger partial charge is 0.195 e. The van der Waals surface area contributed by atoms with Crippen LogP contribution in [0.15, 0.2) is 29.2 Å². The zero-order chi connectivity index (χ0) is 19.8. The van der Waals surface area contributed by atoms with Crippen LogP contribution in [0.3, 0.4) is 0 Å². The Balaban J connectivity index is 2.06. The number of ether oxygens (including phenoxy) is 2. The molecule has 0 radical (unpaired) electrons. The maximum atomic E-state index is 12.3. The highest BCUT2D eigenvalue weighted by Crippen LogP contribution is 2.45. The SMILES string of the molecule is COCCCOc1cc2c(cc1Cl)-c1cc(=O)c(I)cn1C(C(C)(C)C)C2. The van der Waals surface area contributed by atoms with E-state index < -0.39 is 0 Å². The van der Waals surface area contributed by atoms with Crippen molar-refractivity contribution in [1.82, 2.24) is 4.57 Å². The monoisotopic (exact) mass is 501 g/mol. The molecular weight excluding hydrogens is 477 g/mol. The molecule has 1 aliphatic rings. The highest BCUT2D eigenvalue weighted by atomic mass is 127. The summed E-state index contributed by atoms with van der Waals surface area (Å²) in [6.07, 6.45) is 3.65. The molecule has 3 rings (SSSR count). The van der Waals surface area contributed by atoms with E-state index in [2.05, 4.69) is 47.9 Å². The van der Waals surface area contributed by atoms with E-state index in [9.17, 15) is 4.79 Å². The molecule has 0 saturated heterocycles. The Morgan fingerprint density at radius 3 is 2.67 bits per heavy atom. The first-order chi connectivity index (χ1) is 12.7. The molecule has 0 bridgehead atoms. The number of benzene rings is 1. The second kappa shape index (κ2) is 8.13. The zero-order valence-corrected chi connectivity index (χ0v) is 19.1. The van der Waals surface area contributed by atoms with Crippen molar-refractivity contribution in [2.24, 2.45) is 5.41 Å². The molecule has 6 heteroatoms. The van der Waals surface area contributed by atoms with E-state index in [1.807, 2.05) is 18.3 Å². The minimum atomic E-state index is 0.0402. The van der Waals surface area contributed by atoms with Crippen molar-refractivity contribution in [3.8, 4) is 17.0 Å². The van der Waals surface area contributed by atoms with Gasteiger partial charge in [-0.25, -0.2) is 0 Å². The fourth-order valence-corrected chi connectivity index (χ4v) is 4.20. The Hall–Kier alpha value is -1.05. The van der Waals surface area contributed by atoms with Crippen LogP contribution in [0.2, 0.25) is 5.02 Å². The second-order valence-electron chi connectivity index (χ2n) is 8.00. The fourth-order valence-electron chi connectivity index (χ4n) is 3.53. The summed E-state index contributed by atoms with van der Waals surface area (Å²) in [4.78, 5) is 12.3. The van der Waals surface area contributed by atoms with Crippen LogP contribution in [0.25, 0.3) is 11.3 Å². The predicted octanol–water partition coefficient (Wildman–Crippen LogP) is 5.33. The third-order valence-corrected chi connectivity index (χ3v) is 6.07. The number of hydrogen-bond acceptors (Lipinski definition) is 3. The average Bonchev–Trinajstić information content (AvgIpc) is 2.59. The molecule has 146 valence electrons. The lowest BCUT2D eigenvalue weighted by molar-refractivity contribution is 0.172. The minimum Gasteiger partial charge on any atom is -0.492 e. The van der Waals surface area contributed by atoms with Crippen LogP contribution in [0.1, 0.15) is 38.8 Å². The van der Waals surface area contributed by atoms with Gasteiger partial charge in [0, 0.05) is 44.0 Å². The van der Waals surface area contributed by atoms with Crippen molar-refractivity contribution in [2.75, 3.05) is 20.3 Å². The number of fused-ring (bicyclic) bond motifs is 3. The average molecular weight is 502 g/mol. The number of pyridine rings is 1. The Morgan fingerprint density at radius 1 is 1.26 bits per heavy atom. The first kappa shape index (κ1) is 20.7. The first-order valence-corrected chi connectivity index (χ1v) is 10.5. The number of nitrogens with zero attached hydrogens (tertiary/aromatic N) is 1. The van der Waals surface area contributed by atoms with E-state index in [1.54, 1.807) is 13.2 Å². The van der Waals surface area contributed by atoms with Gasteiger partial charge >= 0.3 is 0 Å². The van der Waals surface area contributed by atoms with E-state index in [0.717, 1.165) is 27.7 Å². The predicted molar refractivity (Wildman–Crippen MR) is 118 cm³/mol. The van der Waals surface area contributed by atoms with Crippen LogP contribution in [-0.4, -0.2) is 24.9 Å². The van der Waals surface area contributed by atoms with Crippen LogP contribution in [-0.2, 0) is 11.2 Å². The molecule has 1 unspecified atom stereocenters. The van der Waals surface area contributed by atoms with Gasteiger partial charge in [0.1, 0.15) is 5.75 Å². The standard InChI is InChI=1S/C21H25ClINO3/c1-21(2,3)20-9-13-8-19(27-7-5-6-26-4)15(22)10-14(13)17-11-18(25)16(23)12-24(17)20/h8,10-12,20H,5-7,9H2,1-4H3. The van der Waals surface area contributed by atoms with Crippen LogP contribution in [0, 0.1) is 8.99 Å². The molecule has 0 aliphatic carbocycles. The molecule has 0 spiro atoms. The van der Waals surface area contributed by atoms with Gasteiger partial charge in [-0.3, -0.25) is 4.79 Å². The lowest BCUT2D eigenvalue weighted by Crippen LogP contribution is -2.32. The third kappa shape index (κ3) is 4.35. The molecule has 0 saturated carbocycles. The highest BCUT2D eigenvalue weighted by Gasteiger charge is 2.33. The number of methoxy groups -OCH3 is 1. The normalized spacial score (nSPS) is 16.0. The number of rotatable bonds is 5. The molecule has 1 atom stereocenters. The topological polar surface area (TPSA) is 40.5 Å². The van der Waals surface area contributed by atoms with Crippen LogP contribution in [0.4, 0.5) is 0 Å². The summed E-state index contributed by atoms with van der Waals surface area (Å²) >= 11 is 8.61. The molecule has 4 nitrogen and oxygen atoms in total. The van der Waals surface area contributed by atoms with Gasteiger partial charge in [0.2, 0.25) is 0 Å². The molecule has 1 aliphatic heterocycles. The van der Waals surface area contributed by atoms with Crippen molar-refractivity contribution in [3.63, 3.8) is 0 Å². The van der Waals surface area contributed by atoms with Crippen molar-refractivity contribution < 1.29 is 9.47 Å². The molecular formula is C21H25ClINO3. The lowest BCUT2D eigenvalue weighted by Gasteiger charge is -2.39. The van der Waals surface area contributed by atoms with Crippen molar-refractivity contribution in [3.05, 3.63) is 48.8 Å². The molecule has 1 aromatic heterocycles. The van der Waals surface area contributed by atoms with E-state index in [0.29, 0.717) is 24.0 Å². The highest BCUT2D eigenvalue weighted by molar-refractivity contribution is 14.1. The minimum absolute atomic E-state index is 0.0402. The van der Waals surface area contributed by atoms with Gasteiger partial charge in [0.25, 0.3) is 0 Å². The molecule has 1 aromatic carbocycles. The van der Waals surface area contributed by atoms with Crippen molar-refractivity contribution in [1.29, 1.82) is 0 Å². The quantitative estimate of drug-likeness (QED) is 0.411. The van der Waals surface area contributed by atoms with E-state index in [1.165, 1.54) is 5.56 Å². The number of hydrogen-bond donors (Lipinski definition) is 0. The fraction of sp³-hybridized carbons (Fsp3) is 0.476. The molecule has 0 N–H and O–H groups in total. The molecule has 0 amide bonds. The van der Waals surface area contributed by atoms with Crippen molar-refractivity contribution >= 4 is 34.2 Å². The van der Waals surface area contributed by atoms with Crippen LogP contribution < -0.4 is 10.2 Å². The van der Waals surface area contributed by atoms with Gasteiger partial charge in [0.15, 0.2) is 5.43 Å². The van der Waals surface area contributed by atoms with Gasteiger partial charge < -0.3 is 14.0 Å². The summed E-state index contributed by atoms with van der Waals surface area (Å²) < 4.78 is 13.9. The maximum absolute atomic E-state index is 12.3. The molecule has 2 aromatic rings. The summed E-state index contributed by atoms with van der Waals surface area (Å²) in [5.74, 6) is 0.695. The molecule has 0 fully saturated rings. The van der Waals surface area contributed by atoms with E-state index >= 15 is 0 Å². The zero-order valence-electron chi connectivity index (χ0n) is 16.1. The van der Waals surface area contributed by atoms with Gasteiger partial charge in [-0.15, -0.1) is 0 Å². The van der Waals surface area contributed by atoms with Gasteiger partial charge in [-0.05, 0) is 52.1 Å². The van der Waals surface area contributed by atoms with E-state index in [4.69, 9.17) is 21.1 Å². The first-order valence-electron chi connectivity index (χ1n) is 9.08. The van der Waals surface area contributed by atoms with Crippen LogP contribution in [0.5, 0.6) is 5.75 Å². The Labute approximate surface area is 179 Å². The van der Waals surface area contributed by atoms with Gasteiger partial charge in [0.05, 0.1) is 20.9 Å². The van der Waals surface area contributed by atoms with Gasteiger partial charge in [-0.1, -0.05) is 32.4 Å². The number of aromatic nitrogens is 1. The molecule has 27 heavy (non-hydrogen) atoms. The Morgan fingerprint density at radius 2 is 2.00 bits per heavy atom. The second-order valence-corrected chi connectivity index (χ2v) is 9.57. The summed E-state index contributed by atoms with van der Waals surface area (Å²) in [6, 6.07) is 5.94. The molecule has 2 heterocycles. The largest absolute Gasteiger partial charge is 0.492 e. The van der Waals surface area contributed by atoms with E-state index in [-0.39, 0.29) is 16.9 Å². The third-order valence-electron chi connectivity index (χ3n) is 4.97. The lowest BCUT2D eigenvalue weighted by atomic mass is 9.79. The summed E-state index contributed by atoms with van der Waals surface area (Å²) in [5.41, 5.74) is 3.19. The van der Waals surface area contributed by atoms with Gasteiger partial charge in [-0.2, -0.15) is 0 Å². The summed E-state index contributed by atoms with van der Waals surface area (Å²) in [5, 5.41) is 0.568.